The van der Waals surface area contributed by atoms with E-state index < -0.39 is 0 Å². The summed E-state index contributed by atoms with van der Waals surface area (Å²) in [6.45, 7) is 2.52. The van der Waals surface area contributed by atoms with Crippen LogP contribution >= 0.6 is 23.2 Å². The summed E-state index contributed by atoms with van der Waals surface area (Å²) in [5.41, 5.74) is 0. The topological polar surface area (TPSA) is 47.4 Å². The Morgan fingerprint density at radius 3 is 2.62 bits per heavy atom. The van der Waals surface area contributed by atoms with Crippen molar-refractivity contribution in [3.8, 4) is 0 Å². The van der Waals surface area contributed by atoms with Crippen molar-refractivity contribution in [1.29, 1.82) is 0 Å². The highest BCUT2D eigenvalue weighted by Crippen LogP contribution is 2.23. The summed E-state index contributed by atoms with van der Waals surface area (Å²) < 4.78 is 6.63. The van der Waals surface area contributed by atoms with E-state index >= 15 is 0 Å². The molecule has 0 fully saturated rings. The molecule has 0 atom stereocenters. The number of hydrogen-bond donors (Lipinski definition) is 0. The van der Waals surface area contributed by atoms with Gasteiger partial charge < -0.3 is 9.64 Å². The molecule has 0 spiro atoms. The Morgan fingerprint density at radius 1 is 1.50 bits per heavy atom. The molecule has 0 saturated heterocycles. The van der Waals surface area contributed by atoms with Crippen molar-refractivity contribution in [2.45, 2.75) is 13.7 Å². The molecule has 1 aromatic heterocycles. The Kier molecular flexibility index (Phi) is 4.58. The van der Waals surface area contributed by atoms with Gasteiger partial charge in [-0.25, -0.2) is 4.98 Å². The zero-order valence-electron chi connectivity index (χ0n) is 9.33. The van der Waals surface area contributed by atoms with Crippen molar-refractivity contribution < 1.29 is 9.53 Å². The fraction of sp³-hybridized carbons (Fsp3) is 0.556. The van der Waals surface area contributed by atoms with E-state index in [2.05, 4.69) is 4.98 Å². The number of imidazole rings is 1. The van der Waals surface area contributed by atoms with E-state index in [1.54, 1.807) is 14.1 Å². The highest BCUT2D eigenvalue weighted by molar-refractivity contribution is 6.40. The second-order valence-electron chi connectivity index (χ2n) is 3.27. The molecule has 0 aliphatic heterocycles. The minimum absolute atomic E-state index is 0.103. The molecular weight excluding hydrogens is 253 g/mol. The van der Waals surface area contributed by atoms with Crippen molar-refractivity contribution in [3.05, 3.63) is 16.1 Å². The summed E-state index contributed by atoms with van der Waals surface area (Å²) in [6.07, 6.45) is 0. The summed E-state index contributed by atoms with van der Waals surface area (Å²) in [6, 6.07) is 0. The number of hydrogen-bond acceptors (Lipinski definition) is 3. The Balaban J connectivity index is 3.07. The van der Waals surface area contributed by atoms with Crippen LogP contribution in [0.15, 0.2) is 0 Å². The van der Waals surface area contributed by atoms with Crippen LogP contribution in [0.1, 0.15) is 17.5 Å². The molecule has 1 amide bonds. The molecule has 0 saturated carbocycles. The predicted molar refractivity (Wildman–Crippen MR) is 61.9 cm³/mol. The van der Waals surface area contributed by atoms with Crippen LogP contribution in [0.2, 0.25) is 10.3 Å². The molecule has 5 nitrogen and oxygen atoms in total. The lowest BCUT2D eigenvalue weighted by Gasteiger charge is -2.12. The van der Waals surface area contributed by atoms with Gasteiger partial charge in [-0.05, 0) is 6.92 Å². The zero-order chi connectivity index (χ0) is 12.3. The Bertz CT molecular complexity index is 390. The fourth-order valence-corrected chi connectivity index (χ4v) is 1.42. The number of halogens is 2. The van der Waals surface area contributed by atoms with Crippen LogP contribution in [-0.2, 0) is 11.5 Å². The van der Waals surface area contributed by atoms with Gasteiger partial charge in [-0.2, -0.15) is 0 Å². The first kappa shape index (κ1) is 13.3. The number of carbonyl (C=O) groups excluding carboxylic acids is 1. The lowest BCUT2D eigenvalue weighted by molar-refractivity contribution is 0.0717. The Hall–Kier alpha value is -0.780. The summed E-state index contributed by atoms with van der Waals surface area (Å²) in [5, 5.41) is 0.312. The minimum Gasteiger partial charge on any atom is -0.361 e. The van der Waals surface area contributed by atoms with Crippen molar-refractivity contribution >= 4 is 29.1 Å². The summed E-state index contributed by atoms with van der Waals surface area (Å²) in [7, 11) is 3.26. The number of nitrogens with zero attached hydrogens (tertiary/aromatic N) is 3. The molecule has 0 unspecified atom stereocenters. The number of aromatic nitrogens is 2. The molecule has 0 aromatic carbocycles. The van der Waals surface area contributed by atoms with E-state index in [4.69, 9.17) is 27.9 Å². The third-order valence-corrected chi connectivity index (χ3v) is 2.63. The van der Waals surface area contributed by atoms with Gasteiger partial charge in [-0.3, -0.25) is 9.36 Å². The standard InChI is InChI=1S/C9H13Cl2N3O2/c1-4-16-5-14-7(11)6(10)12-8(14)9(15)13(2)3/h4-5H2,1-3H3. The lowest BCUT2D eigenvalue weighted by atomic mass is 10.5. The van der Waals surface area contributed by atoms with Crippen molar-refractivity contribution in [2.24, 2.45) is 0 Å². The van der Waals surface area contributed by atoms with E-state index in [1.165, 1.54) is 9.47 Å². The summed E-state index contributed by atoms with van der Waals surface area (Å²) in [4.78, 5) is 17.1. The van der Waals surface area contributed by atoms with Gasteiger partial charge >= 0.3 is 0 Å². The second kappa shape index (κ2) is 5.52. The van der Waals surface area contributed by atoms with Gasteiger partial charge in [0.25, 0.3) is 5.91 Å². The van der Waals surface area contributed by atoms with E-state index in [0.717, 1.165) is 0 Å². The smallest absolute Gasteiger partial charge is 0.289 e. The average molecular weight is 266 g/mol. The first-order valence-electron chi connectivity index (χ1n) is 4.70. The average Bonchev–Trinajstić information content (AvgIpc) is 2.52. The number of rotatable bonds is 4. The lowest BCUT2D eigenvalue weighted by Crippen LogP contribution is -2.26. The maximum Gasteiger partial charge on any atom is 0.289 e. The first-order valence-corrected chi connectivity index (χ1v) is 5.45. The van der Waals surface area contributed by atoms with Gasteiger partial charge in [0.2, 0.25) is 5.82 Å². The molecule has 0 aliphatic carbocycles. The number of carbonyl (C=O) groups is 1. The SMILES string of the molecule is CCOCn1c(C(=O)N(C)C)nc(Cl)c1Cl. The molecule has 0 radical (unpaired) electrons. The quantitative estimate of drug-likeness (QED) is 0.836. The van der Waals surface area contributed by atoms with E-state index in [1.807, 2.05) is 6.92 Å². The minimum atomic E-state index is -0.270. The van der Waals surface area contributed by atoms with Gasteiger partial charge in [0, 0.05) is 20.7 Å². The van der Waals surface area contributed by atoms with Crippen LogP contribution in [0.3, 0.4) is 0 Å². The number of ether oxygens (including phenoxy) is 1. The second-order valence-corrected chi connectivity index (χ2v) is 3.98. The third kappa shape index (κ3) is 2.66. The van der Waals surface area contributed by atoms with Crippen molar-refractivity contribution in [2.75, 3.05) is 20.7 Å². The van der Waals surface area contributed by atoms with Gasteiger partial charge in [0.1, 0.15) is 11.9 Å². The first-order chi connectivity index (χ1) is 7.49. The van der Waals surface area contributed by atoms with Crippen LogP contribution in [-0.4, -0.2) is 41.1 Å². The molecule has 7 heteroatoms. The van der Waals surface area contributed by atoms with Gasteiger partial charge in [0.05, 0.1) is 0 Å². The number of amides is 1. The Morgan fingerprint density at radius 2 is 2.12 bits per heavy atom. The molecule has 0 N–H and O–H groups in total. The normalized spacial score (nSPS) is 10.6. The van der Waals surface area contributed by atoms with Gasteiger partial charge in [-0.1, -0.05) is 23.2 Å². The molecule has 1 rings (SSSR count). The summed E-state index contributed by atoms with van der Waals surface area (Å²) in [5.74, 6) is -0.0954. The van der Waals surface area contributed by atoms with Gasteiger partial charge in [-0.15, -0.1) is 0 Å². The fourth-order valence-electron chi connectivity index (χ4n) is 1.07. The van der Waals surface area contributed by atoms with Gasteiger partial charge in [0.15, 0.2) is 5.15 Å². The van der Waals surface area contributed by atoms with E-state index in [-0.39, 0.29) is 28.8 Å². The maximum absolute atomic E-state index is 11.8. The Labute approximate surface area is 104 Å². The molecule has 0 aliphatic rings. The molecule has 16 heavy (non-hydrogen) atoms. The summed E-state index contributed by atoms with van der Waals surface area (Å²) >= 11 is 11.7. The van der Waals surface area contributed by atoms with Crippen LogP contribution < -0.4 is 0 Å². The largest absolute Gasteiger partial charge is 0.361 e. The van der Waals surface area contributed by atoms with Crippen LogP contribution in [0.25, 0.3) is 0 Å². The van der Waals surface area contributed by atoms with Crippen molar-refractivity contribution in [1.82, 2.24) is 14.5 Å². The molecule has 90 valence electrons. The van der Waals surface area contributed by atoms with Crippen LogP contribution in [0, 0.1) is 0 Å². The van der Waals surface area contributed by atoms with Crippen LogP contribution in [0.4, 0.5) is 0 Å². The predicted octanol–water partition coefficient (Wildman–Crippen LogP) is 1.89. The van der Waals surface area contributed by atoms with Crippen LogP contribution in [0.5, 0.6) is 0 Å². The highest BCUT2D eigenvalue weighted by atomic mass is 35.5. The monoisotopic (exact) mass is 265 g/mol. The van der Waals surface area contributed by atoms with E-state index in [0.29, 0.717) is 6.61 Å². The molecule has 1 aromatic rings. The van der Waals surface area contributed by atoms with E-state index in [9.17, 15) is 4.79 Å². The molecule has 1 heterocycles. The molecular formula is C9H13Cl2N3O2. The zero-order valence-corrected chi connectivity index (χ0v) is 10.8. The molecule has 0 bridgehead atoms. The third-order valence-electron chi connectivity index (χ3n) is 1.89. The maximum atomic E-state index is 11.8. The van der Waals surface area contributed by atoms with Crippen molar-refractivity contribution in [3.63, 3.8) is 0 Å². The highest BCUT2D eigenvalue weighted by Gasteiger charge is 2.21.